The number of halogens is 3. The molecule has 0 radical (unpaired) electrons. The molecule has 0 atom stereocenters. The third kappa shape index (κ3) is 4.99. The Kier molecular flexibility index (Phi) is 6.19. The van der Waals surface area contributed by atoms with Gasteiger partial charge < -0.3 is 0 Å². The highest BCUT2D eigenvalue weighted by Gasteiger charge is 2.35. The molecular formula is C21H13F3N6O3S. The SMILES string of the molecule is O=C(NN=Cc1cccc([N+](=O)[O-])c1)c1csc(-n2nc(C(F)(F)F)cc2-c2ccccc2)n1. The van der Waals surface area contributed by atoms with Crippen LogP contribution in [0.1, 0.15) is 21.7 Å². The summed E-state index contributed by atoms with van der Waals surface area (Å²) in [4.78, 5) is 26.7. The molecule has 0 bridgehead atoms. The summed E-state index contributed by atoms with van der Waals surface area (Å²) >= 11 is 0.933. The predicted molar refractivity (Wildman–Crippen MR) is 118 cm³/mol. The normalized spacial score (nSPS) is 11.6. The van der Waals surface area contributed by atoms with Gasteiger partial charge in [0.05, 0.1) is 16.8 Å². The molecule has 2 aromatic carbocycles. The lowest BCUT2D eigenvalue weighted by Gasteiger charge is -2.03. The van der Waals surface area contributed by atoms with Gasteiger partial charge in [0.2, 0.25) is 5.13 Å². The summed E-state index contributed by atoms with van der Waals surface area (Å²) < 4.78 is 40.9. The summed E-state index contributed by atoms with van der Waals surface area (Å²) in [6.45, 7) is 0. The van der Waals surface area contributed by atoms with Gasteiger partial charge in [-0.05, 0) is 6.07 Å². The summed E-state index contributed by atoms with van der Waals surface area (Å²) in [6, 6.07) is 14.9. The molecule has 0 saturated carbocycles. The molecule has 2 heterocycles. The highest BCUT2D eigenvalue weighted by Crippen LogP contribution is 2.33. The molecule has 34 heavy (non-hydrogen) atoms. The van der Waals surface area contributed by atoms with Crippen molar-refractivity contribution >= 4 is 29.1 Å². The van der Waals surface area contributed by atoms with E-state index < -0.39 is 22.7 Å². The highest BCUT2D eigenvalue weighted by atomic mass is 32.1. The first-order chi connectivity index (χ1) is 16.2. The van der Waals surface area contributed by atoms with Gasteiger partial charge in [-0.15, -0.1) is 11.3 Å². The van der Waals surface area contributed by atoms with Crippen molar-refractivity contribution in [3.63, 3.8) is 0 Å². The molecule has 4 aromatic rings. The lowest BCUT2D eigenvalue weighted by atomic mass is 10.1. The standard InChI is InChI=1S/C21H13F3N6O3S/c22-21(23,24)18-10-17(14-6-2-1-3-7-14)29(28-18)20-26-16(12-34-20)19(31)27-25-11-13-5-4-8-15(9-13)30(32)33/h1-12H,(H,27,31). The molecule has 13 heteroatoms. The van der Waals surface area contributed by atoms with Crippen molar-refractivity contribution in [1.29, 1.82) is 0 Å². The first-order valence-electron chi connectivity index (χ1n) is 9.49. The number of carbonyl (C=O) groups excluding carboxylic acids is 1. The number of benzene rings is 2. The summed E-state index contributed by atoms with van der Waals surface area (Å²) in [6.07, 6.45) is -3.44. The van der Waals surface area contributed by atoms with Crippen LogP contribution in [-0.2, 0) is 6.18 Å². The Bertz CT molecular complexity index is 1380. The molecule has 0 fully saturated rings. The number of nitro groups is 1. The second-order valence-electron chi connectivity index (χ2n) is 6.76. The molecule has 172 valence electrons. The van der Waals surface area contributed by atoms with Gasteiger partial charge in [0.25, 0.3) is 11.6 Å². The Morgan fingerprint density at radius 2 is 1.91 bits per heavy atom. The largest absolute Gasteiger partial charge is 0.435 e. The Morgan fingerprint density at radius 3 is 2.62 bits per heavy atom. The van der Waals surface area contributed by atoms with Crippen LogP contribution in [-0.4, -0.2) is 31.8 Å². The number of nitrogens with zero attached hydrogens (tertiary/aromatic N) is 5. The Balaban J connectivity index is 1.56. The van der Waals surface area contributed by atoms with Gasteiger partial charge in [0.1, 0.15) is 5.69 Å². The van der Waals surface area contributed by atoms with E-state index in [0.29, 0.717) is 11.1 Å². The average molecular weight is 486 g/mol. The van der Waals surface area contributed by atoms with E-state index >= 15 is 0 Å². The third-order valence-corrected chi connectivity index (χ3v) is 5.25. The van der Waals surface area contributed by atoms with Crippen LogP contribution >= 0.6 is 11.3 Å². The van der Waals surface area contributed by atoms with E-state index in [4.69, 9.17) is 0 Å². The van der Waals surface area contributed by atoms with E-state index in [-0.39, 0.29) is 22.2 Å². The number of non-ortho nitro benzene ring substituents is 1. The minimum atomic E-state index is -4.66. The molecular weight excluding hydrogens is 473 g/mol. The fraction of sp³-hybridized carbons (Fsp3) is 0.0476. The maximum atomic E-state index is 13.3. The van der Waals surface area contributed by atoms with Gasteiger partial charge >= 0.3 is 6.18 Å². The Labute approximate surface area is 193 Å². The van der Waals surface area contributed by atoms with Crippen LogP contribution in [0.15, 0.2) is 71.1 Å². The molecule has 0 aliphatic rings. The monoisotopic (exact) mass is 486 g/mol. The number of hydrogen-bond donors (Lipinski definition) is 1. The van der Waals surface area contributed by atoms with Crippen LogP contribution in [0.2, 0.25) is 0 Å². The maximum Gasteiger partial charge on any atom is 0.435 e. The smallest absolute Gasteiger partial charge is 0.266 e. The van der Waals surface area contributed by atoms with Crippen molar-refractivity contribution in [2.75, 3.05) is 0 Å². The molecule has 0 aliphatic heterocycles. The van der Waals surface area contributed by atoms with E-state index in [0.717, 1.165) is 22.1 Å². The summed E-state index contributed by atoms with van der Waals surface area (Å²) in [5.74, 6) is -0.714. The van der Waals surface area contributed by atoms with Gasteiger partial charge in [-0.25, -0.2) is 15.1 Å². The lowest BCUT2D eigenvalue weighted by molar-refractivity contribution is -0.384. The zero-order valence-corrected chi connectivity index (χ0v) is 17.7. The minimum Gasteiger partial charge on any atom is -0.266 e. The fourth-order valence-electron chi connectivity index (χ4n) is 2.89. The first-order valence-corrected chi connectivity index (χ1v) is 10.4. The van der Waals surface area contributed by atoms with Crippen LogP contribution in [0.3, 0.4) is 0 Å². The van der Waals surface area contributed by atoms with Crippen molar-refractivity contribution in [2.24, 2.45) is 5.10 Å². The average Bonchev–Trinajstić information content (AvgIpc) is 3.47. The molecule has 9 nitrogen and oxygen atoms in total. The number of carbonyl (C=O) groups is 1. The number of thiazole rings is 1. The van der Waals surface area contributed by atoms with Gasteiger partial charge in [-0.2, -0.15) is 23.4 Å². The van der Waals surface area contributed by atoms with Crippen LogP contribution in [0.25, 0.3) is 16.4 Å². The zero-order valence-electron chi connectivity index (χ0n) is 16.9. The minimum absolute atomic E-state index is 0.0576. The number of nitro benzene ring substituents is 1. The van der Waals surface area contributed by atoms with Gasteiger partial charge in [0, 0.05) is 28.6 Å². The van der Waals surface area contributed by atoms with Crippen molar-refractivity contribution in [3.8, 4) is 16.4 Å². The second kappa shape index (κ2) is 9.23. The number of hydrazone groups is 1. The number of amides is 1. The molecule has 0 unspecified atom stereocenters. The van der Waals surface area contributed by atoms with Crippen LogP contribution < -0.4 is 5.43 Å². The highest BCUT2D eigenvalue weighted by molar-refractivity contribution is 7.12. The molecule has 2 aromatic heterocycles. The van der Waals surface area contributed by atoms with Gasteiger partial charge in [-0.3, -0.25) is 14.9 Å². The zero-order chi connectivity index (χ0) is 24.3. The molecule has 0 saturated heterocycles. The van der Waals surface area contributed by atoms with Crippen LogP contribution in [0, 0.1) is 10.1 Å². The number of aromatic nitrogens is 3. The van der Waals surface area contributed by atoms with Gasteiger partial charge in [0.15, 0.2) is 5.69 Å². The van der Waals surface area contributed by atoms with Crippen molar-refractivity contribution in [3.05, 3.63) is 93.1 Å². The molecule has 1 N–H and O–H groups in total. The first kappa shape index (κ1) is 22.8. The van der Waals surface area contributed by atoms with Gasteiger partial charge in [-0.1, -0.05) is 42.5 Å². The van der Waals surface area contributed by atoms with E-state index in [2.05, 4.69) is 20.6 Å². The lowest BCUT2D eigenvalue weighted by Crippen LogP contribution is -2.18. The number of alkyl halides is 3. The van der Waals surface area contributed by atoms with Crippen molar-refractivity contribution < 1.29 is 22.9 Å². The molecule has 4 rings (SSSR count). The second-order valence-corrected chi connectivity index (χ2v) is 7.59. The number of hydrogen-bond acceptors (Lipinski definition) is 7. The summed E-state index contributed by atoms with van der Waals surface area (Å²) in [5.41, 5.74) is 1.97. The molecule has 1 amide bonds. The fourth-order valence-corrected chi connectivity index (χ4v) is 3.65. The maximum absolute atomic E-state index is 13.3. The van der Waals surface area contributed by atoms with E-state index in [1.54, 1.807) is 36.4 Å². The van der Waals surface area contributed by atoms with E-state index in [1.165, 1.54) is 29.8 Å². The number of nitrogens with one attached hydrogen (secondary N) is 1. The summed E-state index contributed by atoms with van der Waals surface area (Å²) in [7, 11) is 0. The number of rotatable bonds is 6. The topological polar surface area (TPSA) is 115 Å². The molecule has 0 spiro atoms. The molecule has 0 aliphatic carbocycles. The van der Waals surface area contributed by atoms with Crippen molar-refractivity contribution in [1.82, 2.24) is 20.2 Å². The third-order valence-electron chi connectivity index (χ3n) is 4.44. The van der Waals surface area contributed by atoms with Crippen LogP contribution in [0.5, 0.6) is 0 Å². The van der Waals surface area contributed by atoms with Crippen LogP contribution in [0.4, 0.5) is 18.9 Å². The summed E-state index contributed by atoms with van der Waals surface area (Å²) in [5, 5.41) is 19.6. The Hall–Kier alpha value is -4.39. The predicted octanol–water partition coefficient (Wildman–Crippen LogP) is 4.69. The Morgan fingerprint density at radius 1 is 1.15 bits per heavy atom. The van der Waals surface area contributed by atoms with Crippen molar-refractivity contribution in [2.45, 2.75) is 6.18 Å². The van der Waals surface area contributed by atoms with E-state index in [1.807, 2.05) is 0 Å². The van der Waals surface area contributed by atoms with E-state index in [9.17, 15) is 28.1 Å². The quantitative estimate of drug-likeness (QED) is 0.241.